The summed E-state index contributed by atoms with van der Waals surface area (Å²) >= 11 is 1.19. The topological polar surface area (TPSA) is 84.0 Å². The van der Waals surface area contributed by atoms with E-state index >= 15 is 0 Å². The van der Waals surface area contributed by atoms with Gasteiger partial charge in [0, 0.05) is 18.9 Å². The third-order valence-electron chi connectivity index (χ3n) is 2.44. The summed E-state index contributed by atoms with van der Waals surface area (Å²) in [5, 5.41) is 5.07. The van der Waals surface area contributed by atoms with Gasteiger partial charge < -0.3 is 5.32 Å². The second-order valence-corrected chi connectivity index (χ2v) is 6.95. The minimum Gasteiger partial charge on any atom is -0.313 e. The smallest absolute Gasteiger partial charge is 0.273 e. The molecule has 0 amide bonds. The Hall–Kier alpha value is -1.51. The van der Waals surface area contributed by atoms with Crippen LogP contribution < -0.4 is 10.0 Å². The monoisotopic (exact) mass is 312 g/mol. The molecular weight excluding hydrogens is 296 g/mol. The average Bonchev–Trinajstić information content (AvgIpc) is 2.89. The van der Waals surface area contributed by atoms with Gasteiger partial charge in [0.2, 0.25) is 5.95 Å². The Balaban J connectivity index is 2.06. The summed E-state index contributed by atoms with van der Waals surface area (Å²) in [6.07, 6.45) is 4.01. The first kappa shape index (κ1) is 14.9. The van der Waals surface area contributed by atoms with Crippen molar-refractivity contribution >= 4 is 27.3 Å². The van der Waals surface area contributed by atoms with Crippen molar-refractivity contribution in [2.45, 2.75) is 24.1 Å². The highest BCUT2D eigenvalue weighted by Crippen LogP contribution is 2.21. The molecule has 0 aliphatic carbocycles. The molecule has 2 rings (SSSR count). The summed E-state index contributed by atoms with van der Waals surface area (Å²) in [5.41, 5.74) is 0.956. The van der Waals surface area contributed by atoms with E-state index in [-0.39, 0.29) is 10.2 Å². The lowest BCUT2D eigenvalue weighted by Crippen LogP contribution is -2.14. The molecule has 2 N–H and O–H groups in total. The maximum Gasteiger partial charge on any atom is 0.273 e. The summed E-state index contributed by atoms with van der Waals surface area (Å²) in [4.78, 5) is 7.70. The quantitative estimate of drug-likeness (QED) is 0.762. The average molecular weight is 312 g/mol. The van der Waals surface area contributed by atoms with Gasteiger partial charge in [-0.05, 0) is 36.0 Å². The molecule has 0 aliphatic rings. The van der Waals surface area contributed by atoms with Crippen molar-refractivity contribution in [2.75, 3.05) is 11.3 Å². The van der Waals surface area contributed by atoms with Crippen molar-refractivity contribution in [3.05, 3.63) is 35.5 Å². The van der Waals surface area contributed by atoms with Crippen molar-refractivity contribution in [1.29, 1.82) is 0 Å². The van der Waals surface area contributed by atoms with Crippen molar-refractivity contribution in [3.63, 3.8) is 0 Å². The van der Waals surface area contributed by atoms with Gasteiger partial charge in [-0.3, -0.25) is 0 Å². The zero-order chi connectivity index (χ0) is 14.4. The highest BCUT2D eigenvalue weighted by atomic mass is 32.2. The lowest BCUT2D eigenvalue weighted by Gasteiger charge is -2.03. The van der Waals surface area contributed by atoms with E-state index in [1.807, 2.05) is 5.38 Å². The van der Waals surface area contributed by atoms with Crippen molar-refractivity contribution < 1.29 is 8.42 Å². The summed E-state index contributed by atoms with van der Waals surface area (Å²) in [6.45, 7) is 3.66. The van der Waals surface area contributed by atoms with E-state index in [4.69, 9.17) is 0 Å². The van der Waals surface area contributed by atoms with Crippen LogP contribution in [-0.4, -0.2) is 24.9 Å². The van der Waals surface area contributed by atoms with Gasteiger partial charge in [0.15, 0.2) is 0 Å². The predicted molar refractivity (Wildman–Crippen MR) is 79.2 cm³/mol. The largest absolute Gasteiger partial charge is 0.313 e. The lowest BCUT2D eigenvalue weighted by molar-refractivity contribution is 0.602. The molecule has 108 valence electrons. The number of sulfonamides is 1. The third-order valence-corrected chi connectivity index (χ3v) is 5.26. The van der Waals surface area contributed by atoms with Gasteiger partial charge in [0.1, 0.15) is 4.21 Å². The number of nitrogens with zero attached hydrogens (tertiary/aromatic N) is 2. The molecule has 8 heteroatoms. The first-order valence-corrected chi connectivity index (χ1v) is 8.56. The molecule has 0 aliphatic heterocycles. The molecule has 2 aromatic heterocycles. The van der Waals surface area contributed by atoms with Gasteiger partial charge in [-0.25, -0.2) is 23.1 Å². The molecule has 0 fully saturated rings. The second-order valence-electron chi connectivity index (χ2n) is 4.13. The van der Waals surface area contributed by atoms with E-state index < -0.39 is 10.0 Å². The molecule has 0 saturated carbocycles. The summed E-state index contributed by atoms with van der Waals surface area (Å²) in [6, 6.07) is 3.29. The van der Waals surface area contributed by atoms with Crippen LogP contribution in [0.15, 0.2) is 34.1 Å². The van der Waals surface area contributed by atoms with Crippen LogP contribution in [-0.2, 0) is 16.6 Å². The Bertz CT molecular complexity index is 640. The molecule has 6 nitrogen and oxygen atoms in total. The second kappa shape index (κ2) is 6.78. The molecule has 0 radical (unpaired) electrons. The highest BCUT2D eigenvalue weighted by molar-refractivity contribution is 7.94. The Morgan fingerprint density at radius 2 is 2.05 bits per heavy atom. The van der Waals surface area contributed by atoms with Gasteiger partial charge in [-0.1, -0.05) is 6.92 Å². The van der Waals surface area contributed by atoms with Crippen LogP contribution in [0.25, 0.3) is 0 Å². The fourth-order valence-electron chi connectivity index (χ4n) is 1.52. The van der Waals surface area contributed by atoms with Crippen LogP contribution in [0, 0.1) is 0 Å². The van der Waals surface area contributed by atoms with E-state index in [0.29, 0.717) is 6.54 Å². The standard InChI is InChI=1S/C12H16N4O2S2/c1-2-4-13-8-10-7-11(19-9-10)20(17,18)16-12-14-5-3-6-15-12/h3,5-7,9,13H,2,4,8H2,1H3,(H,14,15,16). The molecule has 0 unspecified atom stereocenters. The molecule has 0 atom stereocenters. The molecular formula is C12H16N4O2S2. The van der Waals surface area contributed by atoms with Crippen LogP contribution >= 0.6 is 11.3 Å². The van der Waals surface area contributed by atoms with Crippen molar-refractivity contribution in [2.24, 2.45) is 0 Å². The summed E-state index contributed by atoms with van der Waals surface area (Å²) in [5.74, 6) is 0.0755. The number of aromatic nitrogens is 2. The van der Waals surface area contributed by atoms with Crippen LogP contribution in [0.4, 0.5) is 5.95 Å². The lowest BCUT2D eigenvalue weighted by atomic mass is 10.3. The predicted octanol–water partition coefficient (Wildman–Crippen LogP) is 1.84. The summed E-state index contributed by atoms with van der Waals surface area (Å²) < 4.78 is 26.9. The van der Waals surface area contributed by atoms with Crippen molar-refractivity contribution in [3.8, 4) is 0 Å². The zero-order valence-corrected chi connectivity index (χ0v) is 12.7. The highest BCUT2D eigenvalue weighted by Gasteiger charge is 2.17. The van der Waals surface area contributed by atoms with E-state index in [9.17, 15) is 8.42 Å². The molecule has 0 spiro atoms. The minimum absolute atomic E-state index is 0.0755. The number of rotatable bonds is 7. The van der Waals surface area contributed by atoms with Crippen molar-refractivity contribution in [1.82, 2.24) is 15.3 Å². The van der Waals surface area contributed by atoms with E-state index in [1.54, 1.807) is 12.1 Å². The van der Waals surface area contributed by atoms with Crippen LogP contribution in [0.1, 0.15) is 18.9 Å². The Kier molecular flexibility index (Phi) is 5.05. The number of hydrogen-bond donors (Lipinski definition) is 2. The molecule has 0 aromatic carbocycles. The van der Waals surface area contributed by atoms with Gasteiger partial charge in [0.05, 0.1) is 0 Å². The van der Waals surface area contributed by atoms with E-state index in [2.05, 4.69) is 26.9 Å². The Labute approximate surface area is 122 Å². The van der Waals surface area contributed by atoms with Gasteiger partial charge in [-0.15, -0.1) is 11.3 Å². The minimum atomic E-state index is -3.61. The van der Waals surface area contributed by atoms with Crippen LogP contribution in [0.2, 0.25) is 0 Å². The van der Waals surface area contributed by atoms with E-state index in [0.717, 1.165) is 18.5 Å². The summed E-state index contributed by atoms with van der Waals surface area (Å²) in [7, 11) is -3.61. The van der Waals surface area contributed by atoms with Crippen LogP contribution in [0.3, 0.4) is 0 Å². The third kappa shape index (κ3) is 3.99. The Morgan fingerprint density at radius 3 is 2.75 bits per heavy atom. The van der Waals surface area contributed by atoms with Gasteiger partial charge in [-0.2, -0.15) is 0 Å². The number of nitrogens with one attached hydrogen (secondary N) is 2. The van der Waals surface area contributed by atoms with Gasteiger partial charge >= 0.3 is 0 Å². The number of thiophene rings is 1. The molecule has 0 bridgehead atoms. The zero-order valence-electron chi connectivity index (χ0n) is 11.0. The molecule has 20 heavy (non-hydrogen) atoms. The normalized spacial score (nSPS) is 11.4. The SMILES string of the molecule is CCCNCc1csc(S(=O)(=O)Nc2ncccn2)c1. The number of hydrogen-bond acceptors (Lipinski definition) is 6. The fourth-order valence-corrected chi connectivity index (χ4v) is 3.69. The van der Waals surface area contributed by atoms with Crippen LogP contribution in [0.5, 0.6) is 0 Å². The Morgan fingerprint density at radius 1 is 1.30 bits per heavy atom. The molecule has 2 aromatic rings. The number of anilines is 1. The maximum absolute atomic E-state index is 12.1. The first-order valence-electron chi connectivity index (χ1n) is 6.20. The maximum atomic E-state index is 12.1. The van der Waals surface area contributed by atoms with E-state index in [1.165, 1.54) is 23.7 Å². The molecule has 2 heterocycles. The van der Waals surface area contributed by atoms with Gasteiger partial charge in [0.25, 0.3) is 10.0 Å². The molecule has 0 saturated heterocycles. The first-order chi connectivity index (χ1) is 9.62. The fraction of sp³-hybridized carbons (Fsp3) is 0.333.